The van der Waals surface area contributed by atoms with E-state index in [9.17, 15) is 0 Å². The molecule has 2 rings (SSSR count). The molecule has 2 unspecified atom stereocenters. The summed E-state index contributed by atoms with van der Waals surface area (Å²) in [5.74, 6) is 0.589. The summed E-state index contributed by atoms with van der Waals surface area (Å²) in [6, 6.07) is 0.485. The SMILES string of the molecule is CCCN1CCC(CN)C1c1cn(C)nc1CC. The van der Waals surface area contributed by atoms with Gasteiger partial charge in [-0.1, -0.05) is 13.8 Å². The molecular weight excluding hydrogens is 224 g/mol. The molecule has 1 fully saturated rings. The second-order valence-corrected chi connectivity index (χ2v) is 5.32. The fourth-order valence-corrected chi connectivity index (χ4v) is 3.24. The molecule has 1 aliphatic heterocycles. The molecule has 0 radical (unpaired) electrons. The van der Waals surface area contributed by atoms with E-state index in [4.69, 9.17) is 5.73 Å². The van der Waals surface area contributed by atoms with Crippen molar-refractivity contribution in [3.05, 3.63) is 17.5 Å². The molecule has 1 saturated heterocycles. The third kappa shape index (κ3) is 2.45. The average Bonchev–Trinajstić information content (AvgIpc) is 2.92. The Morgan fingerprint density at radius 2 is 2.22 bits per heavy atom. The van der Waals surface area contributed by atoms with E-state index in [0.717, 1.165) is 13.0 Å². The Labute approximate surface area is 110 Å². The van der Waals surface area contributed by atoms with Crippen molar-refractivity contribution in [3.8, 4) is 0 Å². The first kappa shape index (κ1) is 13.6. The van der Waals surface area contributed by atoms with E-state index in [1.807, 2.05) is 11.7 Å². The van der Waals surface area contributed by atoms with Crippen molar-refractivity contribution >= 4 is 0 Å². The van der Waals surface area contributed by atoms with Gasteiger partial charge in [0, 0.05) is 24.8 Å². The molecule has 1 aromatic heterocycles. The lowest BCUT2D eigenvalue weighted by molar-refractivity contribution is 0.229. The van der Waals surface area contributed by atoms with Gasteiger partial charge in [-0.3, -0.25) is 9.58 Å². The molecule has 0 aliphatic carbocycles. The zero-order valence-electron chi connectivity index (χ0n) is 11.9. The van der Waals surface area contributed by atoms with Crippen LogP contribution in [-0.2, 0) is 13.5 Å². The van der Waals surface area contributed by atoms with Crippen LogP contribution in [0.5, 0.6) is 0 Å². The molecule has 0 spiro atoms. The monoisotopic (exact) mass is 250 g/mol. The van der Waals surface area contributed by atoms with Crippen LogP contribution in [0.1, 0.15) is 44.0 Å². The van der Waals surface area contributed by atoms with Gasteiger partial charge >= 0.3 is 0 Å². The van der Waals surface area contributed by atoms with Gasteiger partial charge in [0.25, 0.3) is 0 Å². The van der Waals surface area contributed by atoms with Crippen LogP contribution in [0.25, 0.3) is 0 Å². The number of hydrogen-bond donors (Lipinski definition) is 1. The van der Waals surface area contributed by atoms with E-state index in [-0.39, 0.29) is 0 Å². The first-order valence-electron chi connectivity index (χ1n) is 7.17. The van der Waals surface area contributed by atoms with Crippen LogP contribution >= 0.6 is 0 Å². The molecule has 0 saturated carbocycles. The van der Waals surface area contributed by atoms with Gasteiger partial charge in [0.15, 0.2) is 0 Å². The van der Waals surface area contributed by atoms with Crippen molar-refractivity contribution < 1.29 is 0 Å². The fourth-order valence-electron chi connectivity index (χ4n) is 3.24. The van der Waals surface area contributed by atoms with Crippen molar-refractivity contribution in [3.63, 3.8) is 0 Å². The van der Waals surface area contributed by atoms with Gasteiger partial charge < -0.3 is 5.73 Å². The number of aryl methyl sites for hydroxylation is 2. The first-order chi connectivity index (χ1) is 8.71. The molecular formula is C14H26N4. The molecule has 4 heteroatoms. The van der Waals surface area contributed by atoms with E-state index in [1.54, 1.807) is 0 Å². The molecule has 2 N–H and O–H groups in total. The Kier molecular flexibility index (Phi) is 4.40. The Morgan fingerprint density at radius 1 is 1.44 bits per heavy atom. The van der Waals surface area contributed by atoms with E-state index < -0.39 is 0 Å². The van der Waals surface area contributed by atoms with Crippen LogP contribution in [0.4, 0.5) is 0 Å². The van der Waals surface area contributed by atoms with Gasteiger partial charge in [0.05, 0.1) is 5.69 Å². The van der Waals surface area contributed by atoms with Gasteiger partial charge in [-0.2, -0.15) is 5.10 Å². The van der Waals surface area contributed by atoms with Gasteiger partial charge in [0.1, 0.15) is 0 Å². The van der Waals surface area contributed by atoms with Crippen LogP contribution in [0.2, 0.25) is 0 Å². The Bertz CT molecular complexity index is 385. The maximum absolute atomic E-state index is 5.96. The number of aromatic nitrogens is 2. The van der Waals surface area contributed by atoms with Crippen LogP contribution in [0, 0.1) is 5.92 Å². The summed E-state index contributed by atoms with van der Waals surface area (Å²) >= 11 is 0. The standard InChI is InChI=1S/C14H26N4/c1-4-7-18-8-6-11(9-15)14(18)12-10-17(3)16-13(12)5-2/h10-11,14H,4-9,15H2,1-3H3. The van der Waals surface area contributed by atoms with E-state index in [2.05, 4.69) is 30.0 Å². The predicted molar refractivity (Wildman–Crippen MR) is 74.4 cm³/mol. The highest BCUT2D eigenvalue weighted by Gasteiger charge is 2.35. The van der Waals surface area contributed by atoms with Crippen molar-refractivity contribution in [1.82, 2.24) is 14.7 Å². The third-order valence-corrected chi connectivity index (χ3v) is 4.03. The highest BCUT2D eigenvalue weighted by atomic mass is 15.3. The normalized spacial score (nSPS) is 24.9. The second-order valence-electron chi connectivity index (χ2n) is 5.32. The molecule has 2 heterocycles. The number of likely N-dealkylation sites (tertiary alicyclic amines) is 1. The van der Waals surface area contributed by atoms with Gasteiger partial charge in [-0.25, -0.2) is 0 Å². The van der Waals surface area contributed by atoms with Crippen molar-refractivity contribution in [2.24, 2.45) is 18.7 Å². The van der Waals surface area contributed by atoms with Crippen molar-refractivity contribution in [2.45, 2.75) is 39.2 Å². The van der Waals surface area contributed by atoms with Crippen molar-refractivity contribution in [2.75, 3.05) is 19.6 Å². The Morgan fingerprint density at radius 3 is 2.83 bits per heavy atom. The predicted octanol–water partition coefficient (Wildman–Crippen LogP) is 1.71. The Balaban J connectivity index is 2.30. The minimum Gasteiger partial charge on any atom is -0.330 e. The number of hydrogen-bond acceptors (Lipinski definition) is 3. The Hall–Kier alpha value is -0.870. The number of nitrogens with two attached hydrogens (primary N) is 1. The topological polar surface area (TPSA) is 47.1 Å². The first-order valence-corrected chi connectivity index (χ1v) is 7.17. The van der Waals surface area contributed by atoms with E-state index in [1.165, 1.54) is 37.2 Å². The maximum atomic E-state index is 5.96. The quantitative estimate of drug-likeness (QED) is 0.865. The molecule has 18 heavy (non-hydrogen) atoms. The summed E-state index contributed by atoms with van der Waals surface area (Å²) in [6.45, 7) is 7.56. The van der Waals surface area contributed by atoms with Crippen LogP contribution in [0.3, 0.4) is 0 Å². The summed E-state index contributed by atoms with van der Waals surface area (Å²) in [6.07, 6.45) is 5.62. The maximum Gasteiger partial charge on any atom is 0.0669 e. The van der Waals surface area contributed by atoms with Crippen LogP contribution < -0.4 is 5.73 Å². The highest BCUT2D eigenvalue weighted by Crippen LogP contribution is 2.38. The summed E-state index contributed by atoms with van der Waals surface area (Å²) in [4.78, 5) is 2.59. The lowest BCUT2D eigenvalue weighted by Crippen LogP contribution is -2.29. The van der Waals surface area contributed by atoms with Crippen molar-refractivity contribution in [1.29, 1.82) is 0 Å². The van der Waals surface area contributed by atoms with Crippen LogP contribution in [0.15, 0.2) is 6.20 Å². The van der Waals surface area contributed by atoms with Gasteiger partial charge in [0.2, 0.25) is 0 Å². The molecule has 1 aromatic rings. The fraction of sp³-hybridized carbons (Fsp3) is 0.786. The molecule has 4 nitrogen and oxygen atoms in total. The molecule has 0 amide bonds. The lowest BCUT2D eigenvalue weighted by atomic mass is 9.93. The lowest BCUT2D eigenvalue weighted by Gasteiger charge is -2.27. The smallest absolute Gasteiger partial charge is 0.0669 e. The zero-order valence-corrected chi connectivity index (χ0v) is 11.9. The average molecular weight is 250 g/mol. The summed E-state index contributed by atoms with van der Waals surface area (Å²) in [5.41, 5.74) is 8.61. The summed E-state index contributed by atoms with van der Waals surface area (Å²) in [5, 5.41) is 4.59. The minimum atomic E-state index is 0.485. The summed E-state index contributed by atoms with van der Waals surface area (Å²) < 4.78 is 1.95. The highest BCUT2D eigenvalue weighted by molar-refractivity contribution is 5.24. The zero-order chi connectivity index (χ0) is 13.1. The minimum absolute atomic E-state index is 0.485. The third-order valence-electron chi connectivity index (χ3n) is 4.03. The largest absolute Gasteiger partial charge is 0.330 e. The van der Waals surface area contributed by atoms with Gasteiger partial charge in [-0.15, -0.1) is 0 Å². The molecule has 0 bridgehead atoms. The van der Waals surface area contributed by atoms with Gasteiger partial charge in [-0.05, 0) is 44.8 Å². The van der Waals surface area contributed by atoms with E-state index in [0.29, 0.717) is 12.0 Å². The molecule has 2 atom stereocenters. The van der Waals surface area contributed by atoms with Crippen LogP contribution in [-0.4, -0.2) is 34.3 Å². The molecule has 102 valence electrons. The number of rotatable bonds is 5. The summed E-state index contributed by atoms with van der Waals surface area (Å²) in [7, 11) is 2.01. The number of nitrogens with zero attached hydrogens (tertiary/aromatic N) is 3. The van der Waals surface area contributed by atoms with E-state index >= 15 is 0 Å². The second kappa shape index (κ2) is 5.85. The molecule has 0 aromatic carbocycles. The molecule has 1 aliphatic rings.